The zero-order valence-corrected chi connectivity index (χ0v) is 36.1. The number of anilines is 1. The number of fused-ring (bicyclic) bond motifs is 6. The molecule has 1 aromatic heterocycles. The van der Waals surface area contributed by atoms with Gasteiger partial charge in [-0.15, -0.1) is 0 Å². The van der Waals surface area contributed by atoms with E-state index < -0.39 is 96.5 Å². The summed E-state index contributed by atoms with van der Waals surface area (Å²) >= 11 is 0. The Bertz CT molecular complexity index is 2360. The molecule has 8 atom stereocenters. The molecule has 17 heteroatoms. The van der Waals surface area contributed by atoms with Crippen LogP contribution in [0.3, 0.4) is 0 Å². The first-order valence-electron chi connectivity index (χ1n) is 21.9. The highest BCUT2D eigenvalue weighted by Gasteiger charge is 2.68. The number of rotatable bonds is 12. The molecule has 5 fully saturated rings. The van der Waals surface area contributed by atoms with Gasteiger partial charge >= 0.3 is 18.0 Å². The van der Waals surface area contributed by atoms with Crippen molar-refractivity contribution >= 4 is 46.2 Å². The fraction of sp³-hybridized carbons (Fsp3) is 0.609. The van der Waals surface area contributed by atoms with Gasteiger partial charge in [-0.05, 0) is 81.9 Å². The van der Waals surface area contributed by atoms with Gasteiger partial charge < -0.3 is 48.6 Å². The van der Waals surface area contributed by atoms with E-state index in [4.69, 9.17) is 18.9 Å². The molecule has 5 aliphatic carbocycles. The Balaban J connectivity index is 0.795. The number of aliphatic hydroxyl groups excluding tert-OH is 2. The maximum Gasteiger partial charge on any atom is 0.413 e. The predicted molar refractivity (Wildman–Crippen MR) is 223 cm³/mol. The number of nitrogens with zero attached hydrogens (tertiary/aromatic N) is 3. The molecule has 4 saturated carbocycles. The van der Waals surface area contributed by atoms with Gasteiger partial charge in [0.2, 0.25) is 12.6 Å². The molecule has 1 aromatic carbocycles. The number of piperazine rings is 1. The zero-order valence-electron chi connectivity index (χ0n) is 36.1. The fourth-order valence-electron chi connectivity index (χ4n) is 11.8. The topological polar surface area (TPSA) is 211 Å². The molecule has 16 nitrogen and oxygen atoms in total. The van der Waals surface area contributed by atoms with Gasteiger partial charge in [-0.25, -0.2) is 9.18 Å². The number of halogens is 1. The maximum atomic E-state index is 15.8. The highest BCUT2D eigenvalue weighted by atomic mass is 19.1. The number of methoxy groups -OCH3 is 1. The number of carbonyl (C=O) groups is 5. The van der Waals surface area contributed by atoms with Crippen LogP contribution in [0.5, 0.6) is 5.75 Å². The van der Waals surface area contributed by atoms with Gasteiger partial charge in [-0.2, -0.15) is 0 Å². The number of aromatic nitrogens is 1. The lowest BCUT2D eigenvalue weighted by molar-refractivity contribution is -0.181. The molecule has 6 aliphatic rings. The van der Waals surface area contributed by atoms with Gasteiger partial charge in [-0.3, -0.25) is 24.0 Å². The smallest absolute Gasteiger partial charge is 0.413 e. The Hall–Kier alpha value is -5.13. The number of esters is 2. The van der Waals surface area contributed by atoms with Crippen LogP contribution in [0.1, 0.15) is 90.2 Å². The van der Waals surface area contributed by atoms with Crippen molar-refractivity contribution in [2.45, 2.75) is 109 Å². The van der Waals surface area contributed by atoms with E-state index in [1.54, 1.807) is 30.2 Å². The van der Waals surface area contributed by atoms with Crippen LogP contribution in [0, 0.1) is 34.4 Å². The first-order valence-corrected chi connectivity index (χ1v) is 21.9. The van der Waals surface area contributed by atoms with Crippen LogP contribution in [0.25, 0.3) is 10.9 Å². The minimum Gasteiger partial charge on any atom is -0.492 e. The highest BCUT2D eigenvalue weighted by molar-refractivity contribution is 6.01. The molecule has 2 heterocycles. The van der Waals surface area contributed by atoms with Crippen molar-refractivity contribution in [1.29, 1.82) is 0 Å². The van der Waals surface area contributed by atoms with Crippen LogP contribution >= 0.6 is 0 Å². The van der Waals surface area contributed by atoms with Crippen LogP contribution in [0.4, 0.5) is 14.9 Å². The molecule has 0 bridgehead atoms. The average molecular weight is 878 g/mol. The number of ether oxygens (including phenoxy) is 4. The van der Waals surface area contributed by atoms with Crippen LogP contribution < -0.4 is 15.1 Å². The number of carbonyl (C=O) groups excluding carboxylic acids is 5. The minimum absolute atomic E-state index is 0.0114. The summed E-state index contributed by atoms with van der Waals surface area (Å²) in [6.07, 6.45) is 8.28. The monoisotopic (exact) mass is 877 g/mol. The molecule has 1 aliphatic heterocycles. The van der Waals surface area contributed by atoms with E-state index in [0.29, 0.717) is 18.4 Å². The molecule has 0 radical (unpaired) electrons. The van der Waals surface area contributed by atoms with Gasteiger partial charge in [-0.1, -0.05) is 25.5 Å². The first-order chi connectivity index (χ1) is 29.9. The SMILES string of the molecule is COc1c(N2CCN(C(=O)OCOC(=O)CCC(=O)OCC(=O)C3(O)CCC4C5CCC6=CC(=O)C=CC6(C)C5C(O)CC43C)C(C)C2)c(F)cc2c(=O)c(CO)cn(C3CC3)c12. The van der Waals surface area contributed by atoms with E-state index >= 15 is 4.39 Å². The second-order valence-corrected chi connectivity index (χ2v) is 18.6. The Morgan fingerprint density at radius 1 is 1.00 bits per heavy atom. The van der Waals surface area contributed by atoms with Crippen molar-refractivity contribution in [1.82, 2.24) is 9.47 Å². The van der Waals surface area contributed by atoms with Gasteiger partial charge in [0.05, 0.1) is 43.6 Å². The number of pyridine rings is 1. The van der Waals surface area contributed by atoms with Crippen LogP contribution in [-0.2, 0) is 40.0 Å². The van der Waals surface area contributed by atoms with E-state index in [2.05, 4.69) is 0 Å². The van der Waals surface area contributed by atoms with E-state index in [1.807, 2.05) is 24.5 Å². The lowest BCUT2D eigenvalue weighted by atomic mass is 9.46. The van der Waals surface area contributed by atoms with Crippen LogP contribution in [0.2, 0.25) is 0 Å². The highest BCUT2D eigenvalue weighted by Crippen LogP contribution is 2.67. The lowest BCUT2D eigenvalue weighted by Crippen LogP contribution is -2.61. The summed E-state index contributed by atoms with van der Waals surface area (Å²) in [5.41, 5.74) is -2.01. The number of amides is 1. The molecule has 63 heavy (non-hydrogen) atoms. The molecule has 1 saturated heterocycles. The second-order valence-electron chi connectivity index (χ2n) is 18.6. The zero-order chi connectivity index (χ0) is 45.2. The number of ketones is 2. The third kappa shape index (κ3) is 7.62. The normalized spacial score (nSPS) is 31.1. The van der Waals surface area contributed by atoms with Crippen LogP contribution in [0.15, 0.2) is 40.9 Å². The molecule has 3 N–H and O–H groups in total. The number of allylic oxidation sites excluding steroid dienone is 4. The van der Waals surface area contributed by atoms with Crippen molar-refractivity contribution in [3.63, 3.8) is 0 Å². The van der Waals surface area contributed by atoms with Crippen molar-refractivity contribution in [3.05, 3.63) is 57.7 Å². The van der Waals surface area contributed by atoms with E-state index in [0.717, 1.165) is 24.8 Å². The Labute approximate surface area is 363 Å². The van der Waals surface area contributed by atoms with Crippen molar-refractivity contribution in [2.24, 2.45) is 28.6 Å². The summed E-state index contributed by atoms with van der Waals surface area (Å²) in [7, 11) is 1.40. The van der Waals surface area contributed by atoms with E-state index in [9.17, 15) is 44.1 Å². The van der Waals surface area contributed by atoms with Gasteiger partial charge in [0, 0.05) is 60.2 Å². The largest absolute Gasteiger partial charge is 0.492 e. The average Bonchev–Trinajstić information content (AvgIpc) is 4.06. The fourth-order valence-corrected chi connectivity index (χ4v) is 11.8. The number of benzene rings is 1. The Morgan fingerprint density at radius 2 is 1.73 bits per heavy atom. The summed E-state index contributed by atoms with van der Waals surface area (Å²) < 4.78 is 38.9. The molecule has 1 amide bonds. The first kappa shape index (κ1) is 44.5. The van der Waals surface area contributed by atoms with Gasteiger partial charge in [0.1, 0.15) is 11.3 Å². The Morgan fingerprint density at radius 3 is 2.41 bits per heavy atom. The lowest BCUT2D eigenvalue weighted by Gasteiger charge is -2.59. The summed E-state index contributed by atoms with van der Waals surface area (Å²) in [6.45, 7) is 4.19. The van der Waals surface area contributed by atoms with Crippen molar-refractivity contribution in [2.75, 3.05) is 45.0 Å². The number of aliphatic hydroxyl groups is 3. The summed E-state index contributed by atoms with van der Waals surface area (Å²) in [4.78, 5) is 80.1. The molecule has 340 valence electrons. The van der Waals surface area contributed by atoms with Crippen molar-refractivity contribution < 1.29 is 62.6 Å². The molecule has 2 aromatic rings. The third-order valence-corrected chi connectivity index (χ3v) is 15.2. The number of hydrogen-bond donors (Lipinski definition) is 3. The number of Topliss-reactive ketones (excluding diaryl/α,β-unsaturated/α-hetero) is 1. The van der Waals surface area contributed by atoms with E-state index in [1.165, 1.54) is 18.1 Å². The number of hydrogen-bond acceptors (Lipinski definition) is 14. The molecule has 8 rings (SSSR count). The third-order valence-electron chi connectivity index (χ3n) is 15.2. The molecular weight excluding hydrogens is 822 g/mol. The summed E-state index contributed by atoms with van der Waals surface area (Å²) in [5, 5.41) is 33.4. The quantitative estimate of drug-likeness (QED) is 0.203. The maximum absolute atomic E-state index is 15.8. The summed E-state index contributed by atoms with van der Waals surface area (Å²) in [5.74, 6) is -3.17. The predicted octanol–water partition coefficient (Wildman–Crippen LogP) is 4.03. The molecular formula is C46H56FN3O13. The van der Waals surface area contributed by atoms with Gasteiger partial charge in [0.25, 0.3) is 0 Å². The molecule has 8 unspecified atom stereocenters. The Kier molecular flexibility index (Phi) is 11.8. The standard InChI is InChI=1S/C46H56FN3O13/c1-25-20-48(40-33(47)18-31-39(42(40)60-4)50(28-6-7-28)21-26(22-51)41(31)57)15-16-49(25)43(58)63-24-62-37(56)10-9-36(55)61-23-35(54)46(59)14-12-32-30-8-5-27-17-29(52)11-13-44(27,2)38(30)34(53)19-45(32,46)3/h11,13,17-18,21,25,28,30,32,34,38,51,53,59H,5-10,12,14-16,19-20,22-24H2,1-4H3. The second kappa shape index (κ2) is 16.8. The minimum atomic E-state index is -1.83. The van der Waals surface area contributed by atoms with E-state index in [-0.39, 0.29) is 84.4 Å². The van der Waals surface area contributed by atoms with Gasteiger partial charge in [0.15, 0.2) is 29.4 Å². The van der Waals surface area contributed by atoms with Crippen LogP contribution in [-0.4, -0.2) is 112 Å². The molecule has 0 spiro atoms. The summed E-state index contributed by atoms with van der Waals surface area (Å²) in [6, 6.07) is 0.773. The van der Waals surface area contributed by atoms with Crippen molar-refractivity contribution in [3.8, 4) is 5.75 Å².